The zero-order valence-electron chi connectivity index (χ0n) is 6.64. The Morgan fingerprint density at radius 3 is 2.45 bits per heavy atom. The van der Waals surface area contributed by atoms with E-state index in [-0.39, 0.29) is 5.91 Å². The van der Waals surface area contributed by atoms with E-state index < -0.39 is 0 Å². The minimum absolute atomic E-state index is 0.220. The van der Waals surface area contributed by atoms with E-state index in [1.807, 2.05) is 6.92 Å². The lowest BCUT2D eigenvalue weighted by Gasteiger charge is -2.00. The molecular weight excluding hydrogens is 160 g/mol. The van der Waals surface area contributed by atoms with Crippen LogP contribution in [0.4, 0.5) is 0 Å². The van der Waals surface area contributed by atoms with Gasteiger partial charge in [-0.3, -0.25) is 9.52 Å². The molecule has 0 aromatic heterocycles. The number of allylic oxidation sites excluding steroid dienone is 1. The molecule has 0 aromatic rings. The van der Waals surface area contributed by atoms with Gasteiger partial charge in [0, 0.05) is 17.5 Å². The molecule has 0 fully saturated rings. The quantitative estimate of drug-likeness (QED) is 0.438. The Bertz CT molecular complexity index is 199. The van der Waals surface area contributed by atoms with Crippen LogP contribution in [0.3, 0.4) is 0 Å². The van der Waals surface area contributed by atoms with Crippen molar-refractivity contribution < 1.29 is 4.79 Å². The number of hydrogen-bond acceptors (Lipinski definition) is 3. The second kappa shape index (κ2) is 4.85. The van der Waals surface area contributed by atoms with Gasteiger partial charge < -0.3 is 5.32 Å². The predicted octanol–water partition coefficient (Wildman–Crippen LogP) is 0.974. The molecule has 0 rings (SSSR count). The molecule has 62 valence electrons. The van der Waals surface area contributed by atoms with Crippen molar-refractivity contribution >= 4 is 18.7 Å². The molecule has 0 aliphatic rings. The molecule has 0 unspecified atom stereocenters. The molecule has 0 aliphatic heterocycles. The van der Waals surface area contributed by atoms with Crippen molar-refractivity contribution in [2.45, 2.75) is 13.8 Å². The van der Waals surface area contributed by atoms with Crippen molar-refractivity contribution in [1.82, 2.24) is 10.0 Å². The van der Waals surface area contributed by atoms with Crippen molar-refractivity contribution in [3.05, 3.63) is 24.0 Å². The molecule has 2 N–H and O–H groups in total. The van der Waals surface area contributed by atoms with E-state index in [9.17, 15) is 4.79 Å². The number of amides is 1. The fourth-order valence-electron chi connectivity index (χ4n) is 0.385. The second-order valence-corrected chi connectivity index (χ2v) is 2.42. The number of carbonyl (C=O) groups excluding carboxylic acids is 1. The molecule has 0 aromatic carbocycles. The van der Waals surface area contributed by atoms with Crippen LogP contribution >= 0.6 is 12.8 Å². The van der Waals surface area contributed by atoms with Crippen LogP contribution in [-0.2, 0) is 4.79 Å². The summed E-state index contributed by atoms with van der Waals surface area (Å²) in [5.74, 6) is -0.220. The molecule has 0 atom stereocenters. The van der Waals surface area contributed by atoms with Crippen molar-refractivity contribution in [2.75, 3.05) is 0 Å². The van der Waals surface area contributed by atoms with E-state index in [1.54, 1.807) is 13.1 Å². The third kappa shape index (κ3) is 4.50. The van der Waals surface area contributed by atoms with Crippen molar-refractivity contribution in [3.63, 3.8) is 0 Å². The second-order valence-electron chi connectivity index (χ2n) is 2.19. The molecule has 0 bridgehead atoms. The SMILES string of the molecule is C=C(C)N/C=C(/C)C(=O)NS. The van der Waals surface area contributed by atoms with Gasteiger partial charge in [0.1, 0.15) is 0 Å². The van der Waals surface area contributed by atoms with Gasteiger partial charge in [-0.15, -0.1) is 0 Å². The molecule has 4 heteroatoms. The van der Waals surface area contributed by atoms with Crippen LogP contribution < -0.4 is 10.0 Å². The lowest BCUT2D eigenvalue weighted by Crippen LogP contribution is -2.15. The topological polar surface area (TPSA) is 41.1 Å². The molecule has 0 spiro atoms. The zero-order valence-corrected chi connectivity index (χ0v) is 7.53. The first kappa shape index (κ1) is 10.1. The van der Waals surface area contributed by atoms with Crippen LogP contribution in [0.15, 0.2) is 24.0 Å². The van der Waals surface area contributed by atoms with E-state index in [0.29, 0.717) is 5.57 Å². The van der Waals surface area contributed by atoms with Gasteiger partial charge >= 0.3 is 0 Å². The van der Waals surface area contributed by atoms with E-state index in [1.165, 1.54) is 0 Å². The summed E-state index contributed by atoms with van der Waals surface area (Å²) in [6, 6.07) is 0. The standard InChI is InChI=1S/C7H12N2OS/c1-5(2)8-4-6(3)7(10)9-11/h4,8,11H,1H2,2-3H3,(H,9,10)/b6-4-. The van der Waals surface area contributed by atoms with E-state index in [0.717, 1.165) is 5.70 Å². The summed E-state index contributed by atoms with van der Waals surface area (Å²) in [4.78, 5) is 10.8. The largest absolute Gasteiger partial charge is 0.365 e. The van der Waals surface area contributed by atoms with Crippen molar-refractivity contribution in [1.29, 1.82) is 0 Å². The van der Waals surface area contributed by atoms with Gasteiger partial charge in [0.25, 0.3) is 5.91 Å². The monoisotopic (exact) mass is 172 g/mol. The normalized spacial score (nSPS) is 10.6. The molecule has 0 heterocycles. The lowest BCUT2D eigenvalue weighted by atomic mass is 10.3. The van der Waals surface area contributed by atoms with Crippen LogP contribution in [0.1, 0.15) is 13.8 Å². The fourth-order valence-corrected chi connectivity index (χ4v) is 0.562. The molecule has 0 radical (unpaired) electrons. The Morgan fingerprint density at radius 2 is 2.09 bits per heavy atom. The number of rotatable bonds is 3. The maximum absolute atomic E-state index is 10.8. The summed E-state index contributed by atoms with van der Waals surface area (Å²) in [6.45, 7) is 7.10. The minimum atomic E-state index is -0.220. The van der Waals surface area contributed by atoms with Gasteiger partial charge in [-0.2, -0.15) is 0 Å². The Morgan fingerprint density at radius 1 is 1.55 bits per heavy atom. The first-order chi connectivity index (χ1) is 5.07. The van der Waals surface area contributed by atoms with Crippen LogP contribution in [0.25, 0.3) is 0 Å². The van der Waals surface area contributed by atoms with Gasteiger partial charge in [-0.25, -0.2) is 0 Å². The van der Waals surface area contributed by atoms with Crippen LogP contribution in [0, 0.1) is 0 Å². The Kier molecular flexibility index (Phi) is 4.45. The Hall–Kier alpha value is -0.900. The van der Waals surface area contributed by atoms with Crippen molar-refractivity contribution in [2.24, 2.45) is 0 Å². The molecule has 3 nitrogen and oxygen atoms in total. The number of thiol groups is 1. The Balaban J connectivity index is 4.00. The fraction of sp³-hybridized carbons (Fsp3) is 0.286. The summed E-state index contributed by atoms with van der Waals surface area (Å²) in [5, 5.41) is 2.81. The molecule has 0 saturated heterocycles. The highest BCUT2D eigenvalue weighted by atomic mass is 32.1. The smallest absolute Gasteiger partial charge is 0.258 e. The van der Waals surface area contributed by atoms with Gasteiger partial charge in [0.15, 0.2) is 0 Å². The summed E-state index contributed by atoms with van der Waals surface area (Å²) >= 11 is 3.61. The predicted molar refractivity (Wildman–Crippen MR) is 48.8 cm³/mol. The molecule has 0 saturated carbocycles. The maximum atomic E-state index is 10.8. The van der Waals surface area contributed by atoms with Gasteiger partial charge in [0.2, 0.25) is 0 Å². The highest BCUT2D eigenvalue weighted by molar-refractivity contribution is 7.78. The maximum Gasteiger partial charge on any atom is 0.258 e. The number of carbonyl (C=O) groups is 1. The van der Waals surface area contributed by atoms with Gasteiger partial charge in [-0.05, 0) is 13.8 Å². The summed E-state index contributed by atoms with van der Waals surface area (Å²) in [6.07, 6.45) is 1.58. The first-order valence-electron chi connectivity index (χ1n) is 3.11. The van der Waals surface area contributed by atoms with E-state index >= 15 is 0 Å². The third-order valence-corrected chi connectivity index (χ3v) is 1.20. The average molecular weight is 172 g/mol. The van der Waals surface area contributed by atoms with Crippen LogP contribution in [0.2, 0.25) is 0 Å². The van der Waals surface area contributed by atoms with E-state index in [2.05, 4.69) is 29.4 Å². The third-order valence-electron chi connectivity index (χ3n) is 0.995. The van der Waals surface area contributed by atoms with Crippen molar-refractivity contribution in [3.8, 4) is 0 Å². The Labute approximate surface area is 72.1 Å². The average Bonchev–Trinajstić information content (AvgIpc) is 1.98. The lowest BCUT2D eigenvalue weighted by molar-refractivity contribution is -0.115. The number of hydrogen-bond donors (Lipinski definition) is 3. The minimum Gasteiger partial charge on any atom is -0.365 e. The van der Waals surface area contributed by atoms with Gasteiger partial charge in [-0.1, -0.05) is 19.4 Å². The zero-order chi connectivity index (χ0) is 8.85. The molecule has 11 heavy (non-hydrogen) atoms. The molecular formula is C7H12N2OS. The first-order valence-corrected chi connectivity index (χ1v) is 3.56. The summed E-state index contributed by atoms with van der Waals surface area (Å²) < 4.78 is 2.21. The number of nitrogens with one attached hydrogen (secondary N) is 2. The van der Waals surface area contributed by atoms with Crippen LogP contribution in [-0.4, -0.2) is 5.91 Å². The summed E-state index contributed by atoms with van der Waals surface area (Å²) in [7, 11) is 0. The highest BCUT2D eigenvalue weighted by Crippen LogP contribution is 1.91. The molecule has 0 aliphatic carbocycles. The molecule has 1 amide bonds. The van der Waals surface area contributed by atoms with Gasteiger partial charge in [0.05, 0.1) is 0 Å². The van der Waals surface area contributed by atoms with E-state index in [4.69, 9.17) is 0 Å². The van der Waals surface area contributed by atoms with Crippen LogP contribution in [0.5, 0.6) is 0 Å². The summed E-state index contributed by atoms with van der Waals surface area (Å²) in [5.41, 5.74) is 1.35. The highest BCUT2D eigenvalue weighted by Gasteiger charge is 1.98.